The largest absolute Gasteiger partial charge is 0.306 e. The number of nitrogens with zero attached hydrogens (tertiary/aromatic N) is 1. The highest BCUT2D eigenvalue weighted by atomic mass is 35.5. The van der Waals surface area contributed by atoms with E-state index in [0.717, 1.165) is 17.0 Å². The fourth-order valence-electron chi connectivity index (χ4n) is 1.70. The Bertz CT molecular complexity index is 431. The maximum Gasteiger partial charge on any atom is 0.228 e. The van der Waals surface area contributed by atoms with E-state index in [-0.39, 0.29) is 34.8 Å². The number of thiol groups is 1. The normalized spacial score (nSPS) is 20.6. The van der Waals surface area contributed by atoms with Crippen LogP contribution >= 0.6 is 24.2 Å². The number of hydrogen-bond donors (Lipinski definition) is 1. The first-order valence-corrected chi connectivity index (χ1v) is 5.51. The Balaban J connectivity index is 2.44. The van der Waals surface area contributed by atoms with Crippen molar-refractivity contribution >= 4 is 35.8 Å². The molecule has 0 N–H and O–H groups in total. The third-order valence-electron chi connectivity index (χ3n) is 2.36. The van der Waals surface area contributed by atoms with Crippen LogP contribution in [0.15, 0.2) is 12.1 Å². The Morgan fingerprint density at radius 3 is 2.38 bits per heavy atom. The Morgan fingerprint density at radius 1 is 1.38 bits per heavy atom. The average Bonchev–Trinajstić information content (AvgIpc) is 2.43. The molecule has 86 valence electrons. The molecule has 2 rings (SSSR count). The van der Waals surface area contributed by atoms with Gasteiger partial charge < -0.3 is 4.90 Å². The predicted molar refractivity (Wildman–Crippen MR) is 61.1 cm³/mol. The molecule has 1 aliphatic heterocycles. The topological polar surface area (TPSA) is 20.3 Å². The molecule has 0 aliphatic carbocycles. The van der Waals surface area contributed by atoms with Gasteiger partial charge in [-0.2, -0.15) is 12.6 Å². The zero-order chi connectivity index (χ0) is 11.9. The summed E-state index contributed by atoms with van der Waals surface area (Å²) in [6.07, 6.45) is 0.185. The zero-order valence-electron chi connectivity index (χ0n) is 8.08. The van der Waals surface area contributed by atoms with Crippen LogP contribution in [0.3, 0.4) is 0 Å². The second kappa shape index (κ2) is 4.22. The van der Waals surface area contributed by atoms with E-state index in [0.29, 0.717) is 0 Å². The molecule has 0 aromatic heterocycles. The first-order valence-electron chi connectivity index (χ1n) is 4.62. The molecule has 0 spiro atoms. The van der Waals surface area contributed by atoms with Crippen molar-refractivity contribution in [3.05, 3.63) is 28.8 Å². The highest BCUT2D eigenvalue weighted by molar-refractivity contribution is 7.81. The molecule has 0 radical (unpaired) electrons. The summed E-state index contributed by atoms with van der Waals surface area (Å²) in [5.41, 5.74) is -0.342. The molecular formula is C10H8ClF2NOS. The summed E-state index contributed by atoms with van der Waals surface area (Å²) in [5, 5.41) is -0.227. The smallest absolute Gasteiger partial charge is 0.228 e. The summed E-state index contributed by atoms with van der Waals surface area (Å²) in [4.78, 5) is 12.6. The van der Waals surface area contributed by atoms with Crippen LogP contribution in [0.2, 0.25) is 5.02 Å². The number of benzene rings is 1. The van der Waals surface area contributed by atoms with Crippen molar-refractivity contribution in [2.45, 2.75) is 11.7 Å². The Labute approximate surface area is 102 Å². The lowest BCUT2D eigenvalue weighted by atomic mass is 10.2. The van der Waals surface area contributed by atoms with Crippen molar-refractivity contribution in [2.24, 2.45) is 0 Å². The molecule has 0 saturated carbocycles. The van der Waals surface area contributed by atoms with Crippen LogP contribution in [0, 0.1) is 11.6 Å². The van der Waals surface area contributed by atoms with Gasteiger partial charge in [-0.25, -0.2) is 8.78 Å². The minimum Gasteiger partial charge on any atom is -0.306 e. The summed E-state index contributed by atoms with van der Waals surface area (Å²) >= 11 is 9.61. The van der Waals surface area contributed by atoms with E-state index in [9.17, 15) is 13.6 Å². The molecule has 1 aromatic carbocycles. The summed E-state index contributed by atoms with van der Waals surface area (Å²) < 4.78 is 27.0. The van der Waals surface area contributed by atoms with Gasteiger partial charge in [-0.05, 0) is 12.1 Å². The van der Waals surface area contributed by atoms with Crippen LogP contribution < -0.4 is 4.90 Å². The summed E-state index contributed by atoms with van der Waals surface area (Å²) in [5.74, 6) is -2.00. The molecule has 1 aliphatic rings. The van der Waals surface area contributed by atoms with Gasteiger partial charge in [-0.1, -0.05) is 11.6 Å². The summed E-state index contributed by atoms with van der Waals surface area (Å²) in [6, 6.07) is 1.97. The number of carbonyl (C=O) groups is 1. The fraction of sp³-hybridized carbons (Fsp3) is 0.300. The van der Waals surface area contributed by atoms with Crippen molar-refractivity contribution in [3.63, 3.8) is 0 Å². The standard InChI is InChI=1S/C10H8ClF2NOS/c11-5-1-7(12)10(8(13)2-5)14-4-6(16)3-9(14)15/h1-2,6,16H,3-4H2. The zero-order valence-corrected chi connectivity index (χ0v) is 9.73. The molecule has 2 nitrogen and oxygen atoms in total. The summed E-state index contributed by atoms with van der Waals surface area (Å²) in [6.45, 7) is 0.206. The lowest BCUT2D eigenvalue weighted by molar-refractivity contribution is -0.117. The Kier molecular flexibility index (Phi) is 3.08. The second-order valence-electron chi connectivity index (χ2n) is 3.58. The van der Waals surface area contributed by atoms with Gasteiger partial charge in [0.25, 0.3) is 0 Å². The van der Waals surface area contributed by atoms with E-state index < -0.39 is 11.6 Å². The van der Waals surface area contributed by atoms with E-state index in [2.05, 4.69) is 12.6 Å². The quantitative estimate of drug-likeness (QED) is 0.773. The van der Waals surface area contributed by atoms with Crippen molar-refractivity contribution in [2.75, 3.05) is 11.4 Å². The van der Waals surface area contributed by atoms with E-state index in [1.54, 1.807) is 0 Å². The lowest BCUT2D eigenvalue weighted by Gasteiger charge is -2.17. The fourth-order valence-corrected chi connectivity index (χ4v) is 2.21. The molecule has 1 fully saturated rings. The number of anilines is 1. The van der Waals surface area contributed by atoms with Gasteiger partial charge in [-0.15, -0.1) is 0 Å². The molecule has 1 saturated heterocycles. The predicted octanol–water partition coefficient (Wildman–Crippen LogP) is 2.65. The maximum atomic E-state index is 13.5. The number of rotatable bonds is 1. The summed E-state index contributed by atoms with van der Waals surface area (Å²) in [7, 11) is 0. The molecular weight excluding hydrogens is 256 g/mol. The van der Waals surface area contributed by atoms with E-state index in [4.69, 9.17) is 11.6 Å². The minimum atomic E-state index is -0.833. The van der Waals surface area contributed by atoms with Crippen LogP contribution in [-0.2, 0) is 4.79 Å². The van der Waals surface area contributed by atoms with Gasteiger partial charge in [0.2, 0.25) is 5.91 Å². The Hall–Kier alpha value is -0.810. The van der Waals surface area contributed by atoms with Crippen LogP contribution in [0.4, 0.5) is 14.5 Å². The highest BCUT2D eigenvalue weighted by Crippen LogP contribution is 2.31. The number of carbonyl (C=O) groups excluding carboxylic acids is 1. The number of halogens is 3. The van der Waals surface area contributed by atoms with E-state index in [1.165, 1.54) is 0 Å². The number of hydrogen-bond acceptors (Lipinski definition) is 2. The molecule has 16 heavy (non-hydrogen) atoms. The van der Waals surface area contributed by atoms with Gasteiger partial charge in [0.1, 0.15) is 5.69 Å². The van der Waals surface area contributed by atoms with Crippen LogP contribution in [-0.4, -0.2) is 17.7 Å². The van der Waals surface area contributed by atoms with Crippen LogP contribution in [0.5, 0.6) is 0 Å². The third kappa shape index (κ3) is 2.01. The first-order chi connectivity index (χ1) is 7.49. The minimum absolute atomic E-state index is 0.0344. The van der Waals surface area contributed by atoms with Crippen LogP contribution in [0.1, 0.15) is 6.42 Å². The first kappa shape index (κ1) is 11.7. The third-order valence-corrected chi connectivity index (χ3v) is 2.92. The van der Waals surface area contributed by atoms with Crippen molar-refractivity contribution < 1.29 is 13.6 Å². The molecule has 1 aromatic rings. The van der Waals surface area contributed by atoms with Crippen molar-refractivity contribution in [3.8, 4) is 0 Å². The molecule has 1 heterocycles. The monoisotopic (exact) mass is 263 g/mol. The second-order valence-corrected chi connectivity index (χ2v) is 4.75. The average molecular weight is 264 g/mol. The molecule has 1 atom stereocenters. The van der Waals surface area contributed by atoms with Gasteiger partial charge in [0.15, 0.2) is 11.6 Å². The molecule has 1 unspecified atom stereocenters. The molecule has 1 amide bonds. The SMILES string of the molecule is O=C1CC(S)CN1c1c(F)cc(Cl)cc1F. The Morgan fingerprint density at radius 2 is 1.94 bits per heavy atom. The van der Waals surface area contributed by atoms with Gasteiger partial charge >= 0.3 is 0 Å². The van der Waals surface area contributed by atoms with Gasteiger partial charge in [-0.3, -0.25) is 4.79 Å². The highest BCUT2D eigenvalue weighted by Gasteiger charge is 2.32. The van der Waals surface area contributed by atoms with Crippen molar-refractivity contribution in [1.82, 2.24) is 0 Å². The van der Waals surface area contributed by atoms with Gasteiger partial charge in [0.05, 0.1) is 0 Å². The lowest BCUT2D eigenvalue weighted by Crippen LogP contribution is -2.26. The van der Waals surface area contributed by atoms with E-state index >= 15 is 0 Å². The van der Waals surface area contributed by atoms with Gasteiger partial charge in [0, 0.05) is 23.2 Å². The van der Waals surface area contributed by atoms with Crippen molar-refractivity contribution in [1.29, 1.82) is 0 Å². The molecule has 0 bridgehead atoms. The van der Waals surface area contributed by atoms with E-state index in [1.807, 2.05) is 0 Å². The molecule has 6 heteroatoms. The maximum absolute atomic E-state index is 13.5. The van der Waals surface area contributed by atoms with Crippen LogP contribution in [0.25, 0.3) is 0 Å². The number of amides is 1.